The number of ether oxygens (including phenoxy) is 1. The van der Waals surface area contributed by atoms with Gasteiger partial charge < -0.3 is 10.1 Å². The molecule has 1 aromatic carbocycles. The topological polar surface area (TPSA) is 45.0 Å². The quantitative estimate of drug-likeness (QED) is 0.829. The number of nitrogens with one attached hydrogen (secondary N) is 1. The van der Waals surface area contributed by atoms with Crippen LogP contribution in [-0.2, 0) is 0 Å². The van der Waals surface area contributed by atoms with Gasteiger partial charge in [-0.25, -0.2) is 0 Å². The predicted octanol–water partition coefficient (Wildman–Crippen LogP) is 3.92. The number of nitriles is 1. The van der Waals surface area contributed by atoms with Crippen molar-refractivity contribution in [1.29, 1.82) is 5.26 Å². The van der Waals surface area contributed by atoms with Gasteiger partial charge in [0.1, 0.15) is 11.8 Å². The third-order valence-electron chi connectivity index (χ3n) is 4.36. The highest BCUT2D eigenvalue weighted by Gasteiger charge is 2.32. The molecule has 1 saturated carbocycles. The highest BCUT2D eigenvalue weighted by Crippen LogP contribution is 2.40. The van der Waals surface area contributed by atoms with E-state index in [1.807, 2.05) is 30.0 Å². The fourth-order valence-corrected chi connectivity index (χ4v) is 3.82. The molecular formula is C17H24N2OS. The van der Waals surface area contributed by atoms with Gasteiger partial charge in [-0.2, -0.15) is 17.0 Å². The minimum Gasteiger partial charge on any atom is -0.479 e. The second-order valence-electron chi connectivity index (χ2n) is 5.71. The molecule has 0 aromatic heterocycles. The van der Waals surface area contributed by atoms with Crippen molar-refractivity contribution in [3.8, 4) is 11.8 Å². The van der Waals surface area contributed by atoms with Crippen molar-refractivity contribution in [2.24, 2.45) is 0 Å². The summed E-state index contributed by atoms with van der Waals surface area (Å²) in [6, 6.07) is 10.3. The van der Waals surface area contributed by atoms with E-state index in [-0.39, 0.29) is 6.61 Å². The third kappa shape index (κ3) is 4.39. The van der Waals surface area contributed by atoms with Crippen LogP contribution in [0.5, 0.6) is 5.75 Å². The molecule has 1 aromatic rings. The molecule has 0 bridgehead atoms. The minimum atomic E-state index is 0.101. The Morgan fingerprint density at radius 3 is 2.57 bits per heavy atom. The molecule has 114 valence electrons. The summed E-state index contributed by atoms with van der Waals surface area (Å²) in [7, 11) is 0. The van der Waals surface area contributed by atoms with Crippen LogP contribution < -0.4 is 10.1 Å². The van der Waals surface area contributed by atoms with Gasteiger partial charge in [-0.05, 0) is 43.7 Å². The van der Waals surface area contributed by atoms with Gasteiger partial charge in [0.05, 0.1) is 0 Å². The summed E-state index contributed by atoms with van der Waals surface area (Å²) in [5.41, 5.74) is 1.26. The first-order valence-corrected chi connectivity index (χ1v) is 8.80. The van der Waals surface area contributed by atoms with Crippen molar-refractivity contribution in [2.75, 3.05) is 19.4 Å². The van der Waals surface area contributed by atoms with Crippen molar-refractivity contribution in [3.63, 3.8) is 0 Å². The highest BCUT2D eigenvalue weighted by molar-refractivity contribution is 8.00. The van der Waals surface area contributed by atoms with Gasteiger partial charge in [0.25, 0.3) is 0 Å². The van der Waals surface area contributed by atoms with Crippen LogP contribution in [0.25, 0.3) is 0 Å². The van der Waals surface area contributed by atoms with E-state index in [9.17, 15) is 0 Å². The van der Waals surface area contributed by atoms with E-state index in [1.54, 1.807) is 0 Å². The van der Waals surface area contributed by atoms with Crippen LogP contribution in [0.15, 0.2) is 24.3 Å². The van der Waals surface area contributed by atoms with Crippen molar-refractivity contribution < 1.29 is 4.74 Å². The normalized spacial score (nSPS) is 18.1. The molecule has 0 aliphatic heterocycles. The first kappa shape index (κ1) is 16.2. The number of thioether (sulfide) groups is 1. The molecule has 1 aliphatic carbocycles. The van der Waals surface area contributed by atoms with Gasteiger partial charge in [-0.1, -0.05) is 25.0 Å². The number of benzene rings is 1. The molecule has 1 N–H and O–H groups in total. The van der Waals surface area contributed by atoms with E-state index in [2.05, 4.69) is 30.6 Å². The van der Waals surface area contributed by atoms with E-state index in [4.69, 9.17) is 10.00 Å². The molecule has 21 heavy (non-hydrogen) atoms. The molecule has 1 fully saturated rings. The Labute approximate surface area is 132 Å². The van der Waals surface area contributed by atoms with Gasteiger partial charge in [-0.3, -0.25) is 0 Å². The zero-order chi connectivity index (χ0) is 15.1. The summed E-state index contributed by atoms with van der Waals surface area (Å²) in [4.78, 5) is 0. The molecule has 4 heteroatoms. The Hall–Kier alpha value is -1.18. The number of hydrogen-bond donors (Lipinski definition) is 1. The van der Waals surface area contributed by atoms with Crippen molar-refractivity contribution >= 4 is 11.8 Å². The summed E-state index contributed by atoms with van der Waals surface area (Å²) < 4.78 is 5.71. The van der Waals surface area contributed by atoms with Crippen LogP contribution in [0.1, 0.15) is 44.2 Å². The van der Waals surface area contributed by atoms with E-state index >= 15 is 0 Å². The molecule has 1 unspecified atom stereocenters. The minimum absolute atomic E-state index is 0.101. The van der Waals surface area contributed by atoms with E-state index in [0.29, 0.717) is 10.8 Å². The van der Waals surface area contributed by atoms with E-state index in [0.717, 1.165) is 12.3 Å². The lowest BCUT2D eigenvalue weighted by atomic mass is 10.0. The Balaban J connectivity index is 1.88. The van der Waals surface area contributed by atoms with E-state index < -0.39 is 0 Å². The van der Waals surface area contributed by atoms with Crippen molar-refractivity contribution in [3.05, 3.63) is 29.8 Å². The summed E-state index contributed by atoms with van der Waals surface area (Å²) in [6.45, 7) is 3.37. The lowest BCUT2D eigenvalue weighted by Crippen LogP contribution is -2.36. The van der Waals surface area contributed by atoms with Gasteiger partial charge >= 0.3 is 0 Å². The van der Waals surface area contributed by atoms with Crippen LogP contribution in [0.2, 0.25) is 0 Å². The smallest absolute Gasteiger partial charge is 0.174 e. The molecule has 0 spiro atoms. The molecule has 1 atom stereocenters. The Morgan fingerprint density at radius 1 is 1.33 bits per heavy atom. The fraction of sp³-hybridized carbons (Fsp3) is 0.588. The van der Waals surface area contributed by atoms with Crippen LogP contribution >= 0.6 is 11.8 Å². The molecule has 0 saturated heterocycles. The average molecular weight is 304 g/mol. The molecular weight excluding hydrogens is 280 g/mol. The summed E-state index contributed by atoms with van der Waals surface area (Å²) >= 11 is 2.02. The molecule has 3 nitrogen and oxygen atoms in total. The van der Waals surface area contributed by atoms with Gasteiger partial charge in [-0.15, -0.1) is 0 Å². The number of rotatable bonds is 7. The maximum Gasteiger partial charge on any atom is 0.174 e. The Kier molecular flexibility index (Phi) is 5.96. The SMILES string of the molecule is CSC1(CNC(C)c2ccc(OCC#N)cc2)CCCC1. The molecule has 0 radical (unpaired) electrons. The summed E-state index contributed by atoms with van der Waals surface area (Å²) in [5.74, 6) is 0.754. The maximum absolute atomic E-state index is 8.50. The highest BCUT2D eigenvalue weighted by atomic mass is 32.2. The number of hydrogen-bond acceptors (Lipinski definition) is 4. The lowest BCUT2D eigenvalue weighted by Gasteiger charge is -2.29. The fourth-order valence-electron chi connectivity index (χ4n) is 2.90. The summed E-state index contributed by atoms with van der Waals surface area (Å²) in [6.07, 6.45) is 7.62. The molecule has 0 amide bonds. The predicted molar refractivity (Wildman–Crippen MR) is 88.7 cm³/mol. The zero-order valence-electron chi connectivity index (χ0n) is 12.9. The molecule has 0 heterocycles. The second kappa shape index (κ2) is 7.72. The average Bonchev–Trinajstić information content (AvgIpc) is 3.00. The molecule has 1 aliphatic rings. The number of nitrogens with zero attached hydrogens (tertiary/aromatic N) is 1. The van der Waals surface area contributed by atoms with Gasteiger partial charge in [0, 0.05) is 17.3 Å². The monoisotopic (exact) mass is 304 g/mol. The first-order chi connectivity index (χ1) is 10.2. The van der Waals surface area contributed by atoms with Gasteiger partial charge in [0.15, 0.2) is 6.61 Å². The van der Waals surface area contributed by atoms with Crippen molar-refractivity contribution in [1.82, 2.24) is 5.32 Å². The summed E-state index contributed by atoms with van der Waals surface area (Å²) in [5, 5.41) is 12.2. The van der Waals surface area contributed by atoms with E-state index in [1.165, 1.54) is 31.2 Å². The maximum atomic E-state index is 8.50. The van der Waals surface area contributed by atoms with Crippen LogP contribution in [0.3, 0.4) is 0 Å². The standard InChI is InChI=1S/C17H24N2OS/c1-14(19-13-17(21-2)9-3-4-10-17)15-5-7-16(8-6-15)20-12-11-18/h5-8,14,19H,3-4,9-10,12-13H2,1-2H3. The van der Waals surface area contributed by atoms with Crippen LogP contribution in [-0.4, -0.2) is 24.2 Å². The first-order valence-electron chi connectivity index (χ1n) is 7.57. The van der Waals surface area contributed by atoms with Gasteiger partial charge in [0.2, 0.25) is 0 Å². The van der Waals surface area contributed by atoms with Crippen LogP contribution in [0.4, 0.5) is 0 Å². The zero-order valence-corrected chi connectivity index (χ0v) is 13.7. The largest absolute Gasteiger partial charge is 0.479 e. The lowest BCUT2D eigenvalue weighted by molar-refractivity contribution is 0.368. The Morgan fingerprint density at radius 2 is 2.00 bits per heavy atom. The molecule has 2 rings (SSSR count). The van der Waals surface area contributed by atoms with Crippen molar-refractivity contribution in [2.45, 2.75) is 43.4 Å². The third-order valence-corrected chi connectivity index (χ3v) is 5.78. The van der Waals surface area contributed by atoms with Crippen LogP contribution in [0, 0.1) is 11.3 Å². The Bertz CT molecular complexity index is 475. The second-order valence-corrected chi connectivity index (χ2v) is 6.99.